The van der Waals surface area contributed by atoms with Crippen molar-refractivity contribution in [2.75, 3.05) is 0 Å². The number of nitrogens with zero attached hydrogens (tertiary/aromatic N) is 2. The van der Waals surface area contributed by atoms with Crippen LogP contribution in [0.1, 0.15) is 43.6 Å². The van der Waals surface area contributed by atoms with Gasteiger partial charge >= 0.3 is 0 Å². The Labute approximate surface area is 90.5 Å². The van der Waals surface area contributed by atoms with Crippen molar-refractivity contribution in [3.63, 3.8) is 0 Å². The lowest BCUT2D eigenvalue weighted by molar-refractivity contribution is 0.0945. The molecule has 1 unspecified atom stereocenters. The van der Waals surface area contributed by atoms with Crippen LogP contribution >= 0.6 is 0 Å². The number of aromatic nitrogens is 2. The highest BCUT2D eigenvalue weighted by molar-refractivity contribution is 5.98. The van der Waals surface area contributed by atoms with E-state index in [0.717, 1.165) is 19.3 Å². The molecular formula is C11H19N3O. The normalized spacial score (nSPS) is 12.7. The van der Waals surface area contributed by atoms with Crippen molar-refractivity contribution in [2.24, 2.45) is 5.73 Å². The molecule has 0 fully saturated rings. The van der Waals surface area contributed by atoms with Crippen LogP contribution in [0.25, 0.3) is 0 Å². The Kier molecular flexibility index (Phi) is 4.49. The molecule has 0 aliphatic rings. The Morgan fingerprint density at radius 3 is 2.93 bits per heavy atom. The smallest absolute Gasteiger partial charge is 0.197 e. The third-order valence-electron chi connectivity index (χ3n) is 2.47. The van der Waals surface area contributed by atoms with Gasteiger partial charge < -0.3 is 5.73 Å². The number of hydrogen-bond donors (Lipinski definition) is 1. The molecule has 0 saturated heterocycles. The van der Waals surface area contributed by atoms with E-state index in [4.69, 9.17) is 5.73 Å². The van der Waals surface area contributed by atoms with Crippen LogP contribution in [0.15, 0.2) is 12.3 Å². The summed E-state index contributed by atoms with van der Waals surface area (Å²) >= 11 is 0. The quantitative estimate of drug-likeness (QED) is 0.724. The van der Waals surface area contributed by atoms with E-state index in [1.54, 1.807) is 16.9 Å². The largest absolute Gasteiger partial charge is 0.321 e. The number of rotatable bonds is 6. The maximum absolute atomic E-state index is 11.9. The van der Waals surface area contributed by atoms with Crippen LogP contribution < -0.4 is 5.73 Å². The third kappa shape index (κ3) is 2.89. The van der Waals surface area contributed by atoms with Gasteiger partial charge in [-0.2, -0.15) is 5.10 Å². The Bertz CT molecular complexity index is 319. The second-order valence-electron chi connectivity index (χ2n) is 3.65. The maximum Gasteiger partial charge on any atom is 0.197 e. The second-order valence-corrected chi connectivity index (χ2v) is 3.65. The van der Waals surface area contributed by atoms with Crippen LogP contribution in [0.2, 0.25) is 0 Å². The number of carbonyl (C=O) groups is 1. The van der Waals surface area contributed by atoms with Gasteiger partial charge in [0.15, 0.2) is 5.78 Å². The summed E-state index contributed by atoms with van der Waals surface area (Å²) in [6.45, 7) is 4.75. The molecule has 0 aromatic carbocycles. The minimum atomic E-state index is -0.382. The third-order valence-corrected chi connectivity index (χ3v) is 2.47. The highest BCUT2D eigenvalue weighted by atomic mass is 16.1. The number of nitrogens with two attached hydrogens (primary N) is 1. The maximum atomic E-state index is 11.9. The Morgan fingerprint density at radius 1 is 1.60 bits per heavy atom. The van der Waals surface area contributed by atoms with Crippen molar-refractivity contribution >= 4 is 5.78 Å². The fourth-order valence-electron chi connectivity index (χ4n) is 1.54. The van der Waals surface area contributed by atoms with Gasteiger partial charge in [-0.3, -0.25) is 9.48 Å². The van der Waals surface area contributed by atoms with Gasteiger partial charge in [-0.15, -0.1) is 0 Å². The molecule has 4 heteroatoms. The highest BCUT2D eigenvalue weighted by Crippen LogP contribution is 2.07. The summed E-state index contributed by atoms with van der Waals surface area (Å²) < 4.78 is 1.69. The van der Waals surface area contributed by atoms with Gasteiger partial charge in [0, 0.05) is 12.7 Å². The van der Waals surface area contributed by atoms with Crippen molar-refractivity contribution < 1.29 is 4.79 Å². The van der Waals surface area contributed by atoms with Crippen LogP contribution in [0.4, 0.5) is 0 Å². The van der Waals surface area contributed by atoms with Gasteiger partial charge in [-0.05, 0) is 19.4 Å². The standard InChI is InChI=1S/C11H19N3O/c1-3-5-6-9(12)11(15)10-7-8-13-14(10)4-2/h7-9H,3-6,12H2,1-2H3. The van der Waals surface area contributed by atoms with E-state index >= 15 is 0 Å². The van der Waals surface area contributed by atoms with E-state index in [0.29, 0.717) is 12.2 Å². The molecule has 0 saturated carbocycles. The van der Waals surface area contributed by atoms with Gasteiger partial charge in [-0.1, -0.05) is 19.8 Å². The molecule has 1 atom stereocenters. The molecule has 0 amide bonds. The van der Waals surface area contributed by atoms with E-state index in [1.165, 1.54) is 0 Å². The highest BCUT2D eigenvalue weighted by Gasteiger charge is 2.18. The molecule has 84 valence electrons. The van der Waals surface area contributed by atoms with E-state index < -0.39 is 0 Å². The second kappa shape index (κ2) is 5.66. The number of hydrogen-bond acceptors (Lipinski definition) is 3. The molecule has 1 aromatic rings. The first-order valence-electron chi connectivity index (χ1n) is 5.52. The monoisotopic (exact) mass is 209 g/mol. The van der Waals surface area contributed by atoms with Crippen molar-refractivity contribution in [3.8, 4) is 0 Å². The lowest BCUT2D eigenvalue weighted by Gasteiger charge is -2.10. The number of unbranched alkanes of at least 4 members (excludes halogenated alkanes) is 1. The van der Waals surface area contributed by atoms with E-state index in [1.807, 2.05) is 6.92 Å². The first-order valence-corrected chi connectivity index (χ1v) is 5.52. The Balaban J connectivity index is 2.67. The fraction of sp³-hybridized carbons (Fsp3) is 0.636. The molecule has 2 N–H and O–H groups in total. The number of ketones is 1. The summed E-state index contributed by atoms with van der Waals surface area (Å²) in [4.78, 5) is 11.9. The minimum Gasteiger partial charge on any atom is -0.321 e. The molecule has 1 heterocycles. The lowest BCUT2D eigenvalue weighted by Crippen LogP contribution is -2.32. The summed E-state index contributed by atoms with van der Waals surface area (Å²) in [5, 5.41) is 4.06. The van der Waals surface area contributed by atoms with Crippen LogP contribution in [-0.4, -0.2) is 21.6 Å². The summed E-state index contributed by atoms with van der Waals surface area (Å²) in [6, 6.07) is 1.35. The predicted molar refractivity (Wildman–Crippen MR) is 59.7 cm³/mol. The molecule has 4 nitrogen and oxygen atoms in total. The summed E-state index contributed by atoms with van der Waals surface area (Å²) in [5.41, 5.74) is 6.45. The van der Waals surface area contributed by atoms with Crippen LogP contribution in [0.3, 0.4) is 0 Å². The molecule has 1 rings (SSSR count). The zero-order chi connectivity index (χ0) is 11.3. The van der Waals surface area contributed by atoms with E-state index in [9.17, 15) is 4.79 Å². The van der Waals surface area contributed by atoms with Crippen molar-refractivity contribution in [1.82, 2.24) is 9.78 Å². The first-order chi connectivity index (χ1) is 7.20. The zero-order valence-corrected chi connectivity index (χ0v) is 9.44. The SMILES string of the molecule is CCCCC(N)C(=O)c1ccnn1CC. The number of carbonyl (C=O) groups excluding carboxylic acids is 1. The molecule has 15 heavy (non-hydrogen) atoms. The molecule has 0 aliphatic heterocycles. The molecular weight excluding hydrogens is 190 g/mol. The number of Topliss-reactive ketones (excluding diaryl/α,β-unsaturated/α-hetero) is 1. The molecule has 0 aliphatic carbocycles. The Morgan fingerprint density at radius 2 is 2.33 bits per heavy atom. The Hall–Kier alpha value is -1.16. The van der Waals surface area contributed by atoms with Crippen molar-refractivity contribution in [1.29, 1.82) is 0 Å². The van der Waals surface area contributed by atoms with Crippen molar-refractivity contribution in [3.05, 3.63) is 18.0 Å². The first kappa shape index (κ1) is 11.9. The summed E-state index contributed by atoms with van der Waals surface area (Å²) in [5.74, 6) is 0.00259. The zero-order valence-electron chi connectivity index (χ0n) is 9.44. The number of aryl methyl sites for hydroxylation is 1. The fourth-order valence-corrected chi connectivity index (χ4v) is 1.54. The molecule has 0 spiro atoms. The topological polar surface area (TPSA) is 60.9 Å². The lowest BCUT2D eigenvalue weighted by atomic mass is 10.0. The molecule has 0 radical (unpaired) electrons. The van der Waals surface area contributed by atoms with Crippen LogP contribution in [0, 0.1) is 0 Å². The average molecular weight is 209 g/mol. The van der Waals surface area contributed by atoms with Gasteiger partial charge in [0.25, 0.3) is 0 Å². The minimum absolute atomic E-state index is 0.00259. The summed E-state index contributed by atoms with van der Waals surface area (Å²) in [6.07, 6.45) is 4.45. The van der Waals surface area contributed by atoms with E-state index in [-0.39, 0.29) is 11.8 Å². The van der Waals surface area contributed by atoms with Gasteiger partial charge in [0.2, 0.25) is 0 Å². The van der Waals surface area contributed by atoms with Gasteiger partial charge in [0.1, 0.15) is 5.69 Å². The van der Waals surface area contributed by atoms with Gasteiger partial charge in [0.05, 0.1) is 6.04 Å². The molecule has 0 bridgehead atoms. The van der Waals surface area contributed by atoms with Crippen LogP contribution in [-0.2, 0) is 6.54 Å². The van der Waals surface area contributed by atoms with E-state index in [2.05, 4.69) is 12.0 Å². The van der Waals surface area contributed by atoms with Gasteiger partial charge in [-0.25, -0.2) is 0 Å². The molecule has 1 aromatic heterocycles. The predicted octanol–water partition coefficient (Wildman–Crippen LogP) is 1.60. The van der Waals surface area contributed by atoms with Crippen molar-refractivity contribution in [2.45, 2.75) is 45.7 Å². The average Bonchev–Trinajstić information content (AvgIpc) is 2.72. The summed E-state index contributed by atoms with van der Waals surface area (Å²) in [7, 11) is 0. The van der Waals surface area contributed by atoms with Crippen LogP contribution in [0.5, 0.6) is 0 Å².